The first-order chi connectivity index (χ1) is 7.62. The minimum atomic E-state index is -0.257. The Hall–Kier alpha value is -0.450. The van der Waals surface area contributed by atoms with Gasteiger partial charge in [-0.15, -0.1) is 11.3 Å². The minimum Gasteiger partial charge on any atom is -0.372 e. The van der Waals surface area contributed by atoms with Gasteiger partial charge in [0.2, 0.25) is 0 Å². The van der Waals surface area contributed by atoms with Crippen molar-refractivity contribution in [3.05, 3.63) is 16.1 Å². The summed E-state index contributed by atoms with van der Waals surface area (Å²) in [6.07, 6.45) is 3.71. The quantitative estimate of drug-likeness (QED) is 0.828. The second kappa shape index (κ2) is 4.82. The van der Waals surface area contributed by atoms with E-state index < -0.39 is 0 Å². The summed E-state index contributed by atoms with van der Waals surface area (Å²) in [7, 11) is 1.73. The third kappa shape index (κ3) is 3.03. The third-order valence-electron chi connectivity index (χ3n) is 2.97. The lowest BCUT2D eigenvalue weighted by atomic mass is 10.1. The number of ether oxygens (including phenoxy) is 1. The van der Waals surface area contributed by atoms with E-state index in [1.807, 2.05) is 0 Å². The molecule has 3 nitrogen and oxygen atoms in total. The minimum absolute atomic E-state index is 0.257. The molecule has 1 aliphatic rings. The Labute approximate surface area is 101 Å². The standard InChI is InChI=1S/C12H20N2OS/c1-12(2,15-3)11-14-10(8-16-11)6-7-13-9-4-5-9/h8-9,13H,4-7H2,1-3H3. The van der Waals surface area contributed by atoms with E-state index in [-0.39, 0.29) is 5.60 Å². The predicted molar refractivity (Wildman–Crippen MR) is 66.9 cm³/mol. The Bertz CT molecular complexity index is 345. The van der Waals surface area contributed by atoms with Gasteiger partial charge >= 0.3 is 0 Å². The Morgan fingerprint density at radius 2 is 2.31 bits per heavy atom. The van der Waals surface area contributed by atoms with Crippen LogP contribution in [0.15, 0.2) is 5.38 Å². The highest BCUT2D eigenvalue weighted by Crippen LogP contribution is 2.27. The van der Waals surface area contributed by atoms with Crippen LogP contribution in [0.2, 0.25) is 0 Å². The van der Waals surface area contributed by atoms with Gasteiger partial charge in [-0.25, -0.2) is 4.98 Å². The maximum Gasteiger partial charge on any atom is 0.124 e. The summed E-state index contributed by atoms with van der Waals surface area (Å²) in [4.78, 5) is 4.62. The molecular weight excluding hydrogens is 220 g/mol. The van der Waals surface area contributed by atoms with E-state index >= 15 is 0 Å². The number of nitrogens with zero attached hydrogens (tertiary/aromatic N) is 1. The van der Waals surface area contributed by atoms with Crippen molar-refractivity contribution >= 4 is 11.3 Å². The van der Waals surface area contributed by atoms with Crippen LogP contribution in [0.25, 0.3) is 0 Å². The summed E-state index contributed by atoms with van der Waals surface area (Å²) < 4.78 is 5.42. The Balaban J connectivity index is 1.85. The van der Waals surface area contributed by atoms with Crippen LogP contribution in [0, 0.1) is 0 Å². The van der Waals surface area contributed by atoms with E-state index in [1.54, 1.807) is 18.4 Å². The van der Waals surface area contributed by atoms with Crippen LogP contribution < -0.4 is 5.32 Å². The highest BCUT2D eigenvalue weighted by molar-refractivity contribution is 7.09. The molecule has 0 spiro atoms. The van der Waals surface area contributed by atoms with Gasteiger partial charge in [-0.05, 0) is 26.7 Å². The topological polar surface area (TPSA) is 34.1 Å². The molecule has 0 unspecified atom stereocenters. The number of nitrogens with one attached hydrogen (secondary N) is 1. The predicted octanol–water partition coefficient (Wildman–Crippen LogP) is 2.32. The number of aromatic nitrogens is 1. The van der Waals surface area contributed by atoms with Crippen LogP contribution in [-0.2, 0) is 16.8 Å². The zero-order valence-corrected chi connectivity index (χ0v) is 11.1. The molecule has 16 heavy (non-hydrogen) atoms. The average Bonchev–Trinajstić information content (AvgIpc) is 2.94. The summed E-state index contributed by atoms with van der Waals surface area (Å²) in [5, 5.41) is 6.71. The van der Waals surface area contributed by atoms with Crippen molar-refractivity contribution in [3.8, 4) is 0 Å². The summed E-state index contributed by atoms with van der Waals surface area (Å²) in [5.41, 5.74) is 0.922. The second-order valence-corrected chi connectivity index (χ2v) is 5.69. The van der Waals surface area contributed by atoms with E-state index in [1.165, 1.54) is 18.5 Å². The number of thiazole rings is 1. The Morgan fingerprint density at radius 1 is 1.56 bits per heavy atom. The van der Waals surface area contributed by atoms with Crippen molar-refractivity contribution in [2.75, 3.05) is 13.7 Å². The summed E-state index contributed by atoms with van der Waals surface area (Å²) in [6.45, 7) is 5.15. The summed E-state index contributed by atoms with van der Waals surface area (Å²) >= 11 is 1.69. The van der Waals surface area contributed by atoms with E-state index in [4.69, 9.17) is 4.74 Å². The van der Waals surface area contributed by atoms with Gasteiger partial charge in [0.1, 0.15) is 10.6 Å². The molecule has 0 atom stereocenters. The molecule has 90 valence electrons. The van der Waals surface area contributed by atoms with Crippen molar-refractivity contribution in [1.29, 1.82) is 0 Å². The van der Waals surface area contributed by atoms with Crippen LogP contribution >= 0.6 is 11.3 Å². The Morgan fingerprint density at radius 3 is 2.94 bits per heavy atom. The van der Waals surface area contributed by atoms with Gasteiger partial charge in [-0.3, -0.25) is 0 Å². The second-order valence-electron chi connectivity index (χ2n) is 4.84. The fourth-order valence-electron chi connectivity index (χ4n) is 1.48. The van der Waals surface area contributed by atoms with Crippen molar-refractivity contribution in [1.82, 2.24) is 10.3 Å². The molecule has 0 radical (unpaired) electrons. The highest BCUT2D eigenvalue weighted by atomic mass is 32.1. The molecule has 1 saturated carbocycles. The summed E-state index contributed by atoms with van der Waals surface area (Å²) in [5.74, 6) is 0. The molecule has 0 bridgehead atoms. The molecule has 1 fully saturated rings. The smallest absolute Gasteiger partial charge is 0.124 e. The van der Waals surface area contributed by atoms with E-state index in [2.05, 4.69) is 29.5 Å². The number of rotatable bonds is 6. The molecule has 0 amide bonds. The van der Waals surface area contributed by atoms with Gasteiger partial charge in [0.15, 0.2) is 0 Å². The van der Waals surface area contributed by atoms with Gasteiger partial charge in [0.05, 0.1) is 5.69 Å². The van der Waals surface area contributed by atoms with E-state index in [9.17, 15) is 0 Å². The molecule has 0 aromatic carbocycles. The fourth-order valence-corrected chi connectivity index (χ4v) is 2.43. The molecular formula is C12H20N2OS. The molecule has 1 aliphatic carbocycles. The average molecular weight is 240 g/mol. The maximum atomic E-state index is 5.42. The monoisotopic (exact) mass is 240 g/mol. The van der Waals surface area contributed by atoms with E-state index in [0.29, 0.717) is 0 Å². The van der Waals surface area contributed by atoms with Gasteiger partial charge in [0, 0.05) is 31.5 Å². The van der Waals surface area contributed by atoms with Gasteiger partial charge in [-0.2, -0.15) is 0 Å². The maximum absolute atomic E-state index is 5.42. The first kappa shape index (κ1) is 12.0. The normalized spacial score (nSPS) is 16.7. The molecule has 0 saturated heterocycles. The molecule has 1 N–H and O–H groups in total. The molecule has 1 aromatic rings. The lowest BCUT2D eigenvalue weighted by molar-refractivity contribution is 0.0189. The van der Waals surface area contributed by atoms with Crippen molar-refractivity contribution in [2.24, 2.45) is 0 Å². The van der Waals surface area contributed by atoms with Gasteiger partial charge < -0.3 is 10.1 Å². The van der Waals surface area contributed by atoms with Gasteiger partial charge in [0.25, 0.3) is 0 Å². The number of methoxy groups -OCH3 is 1. The largest absolute Gasteiger partial charge is 0.372 e. The first-order valence-electron chi connectivity index (χ1n) is 5.85. The molecule has 2 rings (SSSR count). The lowest BCUT2D eigenvalue weighted by Gasteiger charge is -2.19. The fraction of sp³-hybridized carbons (Fsp3) is 0.750. The van der Waals surface area contributed by atoms with Crippen LogP contribution in [0.3, 0.4) is 0 Å². The van der Waals surface area contributed by atoms with Crippen LogP contribution in [0.5, 0.6) is 0 Å². The molecule has 4 heteroatoms. The van der Waals surface area contributed by atoms with Crippen LogP contribution in [-0.4, -0.2) is 24.7 Å². The van der Waals surface area contributed by atoms with Crippen molar-refractivity contribution in [3.63, 3.8) is 0 Å². The molecule has 1 heterocycles. The number of hydrogen-bond donors (Lipinski definition) is 1. The summed E-state index contributed by atoms with van der Waals surface area (Å²) in [6, 6.07) is 0.786. The van der Waals surface area contributed by atoms with Crippen LogP contribution in [0.4, 0.5) is 0 Å². The highest BCUT2D eigenvalue weighted by Gasteiger charge is 2.23. The van der Waals surface area contributed by atoms with Crippen LogP contribution in [0.1, 0.15) is 37.4 Å². The van der Waals surface area contributed by atoms with Gasteiger partial charge in [-0.1, -0.05) is 0 Å². The van der Waals surface area contributed by atoms with E-state index in [0.717, 1.165) is 24.0 Å². The first-order valence-corrected chi connectivity index (χ1v) is 6.73. The molecule has 0 aliphatic heterocycles. The number of hydrogen-bond acceptors (Lipinski definition) is 4. The van der Waals surface area contributed by atoms with Crippen molar-refractivity contribution < 1.29 is 4.74 Å². The third-order valence-corrected chi connectivity index (χ3v) is 4.16. The lowest BCUT2D eigenvalue weighted by Crippen LogP contribution is -2.20. The zero-order valence-electron chi connectivity index (χ0n) is 10.2. The Kier molecular flexibility index (Phi) is 3.62. The molecule has 1 aromatic heterocycles. The van der Waals surface area contributed by atoms with Crippen molar-refractivity contribution in [2.45, 2.75) is 44.8 Å². The SMILES string of the molecule is COC(C)(C)c1nc(CCNC2CC2)cs1. The zero-order chi connectivity index (χ0) is 11.6.